The Morgan fingerprint density at radius 3 is 2.61 bits per heavy atom. The lowest BCUT2D eigenvalue weighted by Crippen LogP contribution is -2.52. The van der Waals surface area contributed by atoms with Crippen LogP contribution in [0.4, 0.5) is 5.69 Å². The second-order valence-electron chi connectivity index (χ2n) is 5.96. The first kappa shape index (κ1) is 17.3. The molecule has 124 valence electrons. The Morgan fingerprint density at radius 2 is 2.00 bits per heavy atom. The molecule has 1 N–H and O–H groups in total. The van der Waals surface area contributed by atoms with Crippen molar-refractivity contribution < 1.29 is 19.1 Å². The Kier molecular flexibility index (Phi) is 4.94. The molecule has 0 radical (unpaired) electrons. The van der Waals surface area contributed by atoms with Gasteiger partial charge >= 0.3 is 5.97 Å². The van der Waals surface area contributed by atoms with E-state index >= 15 is 0 Å². The first-order valence-corrected chi connectivity index (χ1v) is 7.59. The summed E-state index contributed by atoms with van der Waals surface area (Å²) in [5.74, 6) is -1.61. The number of halogens is 1. The molecule has 1 aliphatic rings. The van der Waals surface area contributed by atoms with E-state index < -0.39 is 17.4 Å². The number of ether oxygens (including phenoxy) is 1. The minimum Gasteiger partial charge on any atom is -0.467 e. The number of carbonyl (C=O) groups excluding carboxylic acids is 3. The average Bonchev–Trinajstić information content (AvgIpc) is 2.88. The van der Waals surface area contributed by atoms with Gasteiger partial charge in [-0.25, -0.2) is 4.79 Å². The molecule has 0 spiro atoms. The van der Waals surface area contributed by atoms with Crippen molar-refractivity contribution in [2.75, 3.05) is 18.6 Å². The second kappa shape index (κ2) is 6.58. The summed E-state index contributed by atoms with van der Waals surface area (Å²) in [5.41, 5.74) is -0.561. The predicted molar refractivity (Wildman–Crippen MR) is 86.1 cm³/mol. The van der Waals surface area contributed by atoms with Crippen LogP contribution in [0.2, 0.25) is 5.02 Å². The van der Waals surface area contributed by atoms with Gasteiger partial charge in [0.05, 0.1) is 23.7 Å². The summed E-state index contributed by atoms with van der Waals surface area (Å²) in [6, 6.07) is 6.98. The standard InChI is InChI=1S/C16H19ClN2O4/c1-16(2,15(22)23-3)18-14(21)10-8-13(20)19(9-10)12-7-5-4-6-11(12)17/h4-7,10H,8-9H2,1-3H3,(H,18,21). The van der Waals surface area contributed by atoms with E-state index in [4.69, 9.17) is 11.6 Å². The summed E-state index contributed by atoms with van der Waals surface area (Å²) in [7, 11) is 1.26. The van der Waals surface area contributed by atoms with Crippen LogP contribution in [-0.2, 0) is 19.1 Å². The van der Waals surface area contributed by atoms with Gasteiger partial charge in [-0.1, -0.05) is 23.7 Å². The minimum atomic E-state index is -1.15. The van der Waals surface area contributed by atoms with Crippen LogP contribution in [-0.4, -0.2) is 37.0 Å². The molecule has 2 rings (SSSR count). The number of rotatable bonds is 4. The smallest absolute Gasteiger partial charge is 0.330 e. The van der Waals surface area contributed by atoms with Crippen LogP contribution in [0.1, 0.15) is 20.3 Å². The van der Waals surface area contributed by atoms with Gasteiger partial charge in [0.15, 0.2) is 0 Å². The van der Waals surface area contributed by atoms with Crippen LogP contribution in [0, 0.1) is 5.92 Å². The number of amides is 2. The van der Waals surface area contributed by atoms with Crippen molar-refractivity contribution in [2.45, 2.75) is 25.8 Å². The number of hydrogen-bond donors (Lipinski definition) is 1. The highest BCUT2D eigenvalue weighted by Crippen LogP contribution is 2.31. The maximum absolute atomic E-state index is 12.4. The monoisotopic (exact) mass is 338 g/mol. The molecule has 0 aliphatic carbocycles. The third-order valence-corrected chi connectivity index (χ3v) is 4.09. The van der Waals surface area contributed by atoms with Crippen molar-refractivity contribution in [3.63, 3.8) is 0 Å². The molecule has 0 bridgehead atoms. The van der Waals surface area contributed by atoms with E-state index in [0.29, 0.717) is 10.7 Å². The normalized spacial score (nSPS) is 18.0. The minimum absolute atomic E-state index is 0.0777. The van der Waals surface area contributed by atoms with Crippen LogP contribution < -0.4 is 10.2 Å². The molecule has 1 aromatic rings. The lowest BCUT2D eigenvalue weighted by atomic mass is 10.0. The van der Waals surface area contributed by atoms with Gasteiger partial charge in [-0.2, -0.15) is 0 Å². The largest absolute Gasteiger partial charge is 0.467 e. The second-order valence-corrected chi connectivity index (χ2v) is 6.37. The summed E-state index contributed by atoms with van der Waals surface area (Å²) in [6.07, 6.45) is 0.0777. The maximum atomic E-state index is 12.4. The number of carbonyl (C=O) groups is 3. The van der Waals surface area contributed by atoms with E-state index in [-0.39, 0.29) is 24.8 Å². The van der Waals surface area contributed by atoms with Gasteiger partial charge in [0, 0.05) is 13.0 Å². The van der Waals surface area contributed by atoms with E-state index in [9.17, 15) is 14.4 Å². The summed E-state index contributed by atoms with van der Waals surface area (Å²) in [6.45, 7) is 3.34. The van der Waals surface area contributed by atoms with Crippen molar-refractivity contribution in [2.24, 2.45) is 5.92 Å². The SMILES string of the molecule is COC(=O)C(C)(C)NC(=O)C1CC(=O)N(c2ccccc2Cl)C1. The van der Waals surface area contributed by atoms with Crippen LogP contribution in [0.15, 0.2) is 24.3 Å². The zero-order valence-electron chi connectivity index (χ0n) is 13.3. The van der Waals surface area contributed by atoms with Gasteiger partial charge in [-0.05, 0) is 26.0 Å². The van der Waals surface area contributed by atoms with E-state index in [1.54, 1.807) is 38.1 Å². The van der Waals surface area contributed by atoms with Crippen LogP contribution >= 0.6 is 11.6 Å². The van der Waals surface area contributed by atoms with E-state index in [2.05, 4.69) is 10.1 Å². The Hall–Kier alpha value is -2.08. The molecule has 1 aromatic carbocycles. The third kappa shape index (κ3) is 3.64. The number of nitrogens with one attached hydrogen (secondary N) is 1. The molecule has 6 nitrogen and oxygen atoms in total. The van der Waals surface area contributed by atoms with Gasteiger partial charge in [0.25, 0.3) is 0 Å². The van der Waals surface area contributed by atoms with Gasteiger partial charge in [-0.3, -0.25) is 9.59 Å². The molecule has 1 aliphatic heterocycles. The van der Waals surface area contributed by atoms with E-state index in [1.807, 2.05) is 0 Å². The molecule has 7 heteroatoms. The first-order chi connectivity index (χ1) is 10.8. The van der Waals surface area contributed by atoms with E-state index in [0.717, 1.165) is 0 Å². The number of nitrogens with zero attached hydrogens (tertiary/aromatic N) is 1. The molecule has 1 unspecified atom stereocenters. The zero-order valence-corrected chi connectivity index (χ0v) is 14.0. The molecule has 0 aromatic heterocycles. The Morgan fingerprint density at radius 1 is 1.35 bits per heavy atom. The molecular formula is C16H19ClN2O4. The quantitative estimate of drug-likeness (QED) is 0.849. The summed E-state index contributed by atoms with van der Waals surface area (Å²) < 4.78 is 4.66. The fourth-order valence-corrected chi connectivity index (χ4v) is 2.74. The lowest BCUT2D eigenvalue weighted by molar-refractivity contribution is -0.149. The molecule has 1 fully saturated rings. The predicted octanol–water partition coefficient (Wildman–Crippen LogP) is 1.76. The third-order valence-electron chi connectivity index (χ3n) is 3.77. The van der Waals surface area contributed by atoms with Gasteiger partial charge in [0.1, 0.15) is 5.54 Å². The molecule has 2 amide bonds. The number of anilines is 1. The number of para-hydroxylation sites is 1. The highest BCUT2D eigenvalue weighted by atomic mass is 35.5. The molecule has 23 heavy (non-hydrogen) atoms. The molecule has 1 saturated heterocycles. The average molecular weight is 339 g/mol. The highest BCUT2D eigenvalue weighted by Gasteiger charge is 2.39. The Labute approximate surface area is 139 Å². The topological polar surface area (TPSA) is 75.7 Å². The Bertz CT molecular complexity index is 645. The first-order valence-electron chi connectivity index (χ1n) is 7.21. The molecule has 1 heterocycles. The Balaban J connectivity index is 2.09. The number of esters is 1. The van der Waals surface area contributed by atoms with Crippen molar-refractivity contribution in [1.29, 1.82) is 0 Å². The van der Waals surface area contributed by atoms with Gasteiger partial charge in [-0.15, -0.1) is 0 Å². The fraction of sp³-hybridized carbons (Fsp3) is 0.438. The zero-order chi connectivity index (χ0) is 17.2. The van der Waals surface area contributed by atoms with Crippen molar-refractivity contribution in [3.8, 4) is 0 Å². The van der Waals surface area contributed by atoms with Gasteiger partial charge in [0.2, 0.25) is 11.8 Å². The van der Waals surface area contributed by atoms with Crippen LogP contribution in [0.3, 0.4) is 0 Å². The maximum Gasteiger partial charge on any atom is 0.330 e. The number of benzene rings is 1. The molecule has 1 atom stereocenters. The lowest BCUT2D eigenvalue weighted by Gasteiger charge is -2.25. The van der Waals surface area contributed by atoms with Crippen molar-refractivity contribution >= 4 is 35.1 Å². The van der Waals surface area contributed by atoms with E-state index in [1.165, 1.54) is 12.0 Å². The highest BCUT2D eigenvalue weighted by molar-refractivity contribution is 6.33. The summed E-state index contributed by atoms with van der Waals surface area (Å²) >= 11 is 6.11. The number of methoxy groups -OCH3 is 1. The molecular weight excluding hydrogens is 320 g/mol. The fourth-order valence-electron chi connectivity index (χ4n) is 2.50. The van der Waals surface area contributed by atoms with Crippen LogP contribution in [0.25, 0.3) is 0 Å². The summed E-state index contributed by atoms with van der Waals surface area (Å²) in [5, 5.41) is 3.09. The van der Waals surface area contributed by atoms with Crippen molar-refractivity contribution in [3.05, 3.63) is 29.3 Å². The molecule has 0 saturated carbocycles. The van der Waals surface area contributed by atoms with Gasteiger partial charge < -0.3 is 15.0 Å². The van der Waals surface area contributed by atoms with Crippen LogP contribution in [0.5, 0.6) is 0 Å². The number of hydrogen-bond acceptors (Lipinski definition) is 4. The van der Waals surface area contributed by atoms with Crippen molar-refractivity contribution in [1.82, 2.24) is 5.32 Å². The summed E-state index contributed by atoms with van der Waals surface area (Å²) in [4.78, 5) is 37.7.